The summed E-state index contributed by atoms with van der Waals surface area (Å²) in [6.07, 6.45) is 17.7. The van der Waals surface area contributed by atoms with Crippen LogP contribution in [-0.2, 0) is 16.6 Å². The van der Waals surface area contributed by atoms with E-state index in [9.17, 15) is 0 Å². The number of hydrogen-bond acceptors (Lipinski definition) is 7. The lowest BCUT2D eigenvalue weighted by molar-refractivity contribution is -0.738. The number of pyridine rings is 3. The van der Waals surface area contributed by atoms with E-state index in [-0.39, 0.29) is 22.7 Å². The van der Waals surface area contributed by atoms with Gasteiger partial charge in [-0.3, -0.25) is 18.7 Å². The Hall–Kier alpha value is -5.65. The largest absolute Gasteiger partial charge is 0.384 e. The fourth-order valence-electron chi connectivity index (χ4n) is 9.80. The number of anilines is 3. The van der Waals surface area contributed by atoms with Crippen LogP contribution in [0.1, 0.15) is 114 Å². The predicted molar refractivity (Wildman–Crippen MR) is 212 cm³/mol. The Labute approximate surface area is 323 Å². The molecule has 0 aliphatic carbocycles. The van der Waals surface area contributed by atoms with Crippen LogP contribution in [0.4, 0.5) is 17.1 Å². The van der Waals surface area contributed by atoms with Gasteiger partial charge in [0.2, 0.25) is 11.6 Å². The van der Waals surface area contributed by atoms with Crippen LogP contribution < -0.4 is 29.7 Å². The lowest BCUT2D eigenvalue weighted by Gasteiger charge is -2.40. The first-order chi connectivity index (χ1) is 26.6. The maximum absolute atomic E-state index is 4.94. The second-order valence-corrected chi connectivity index (χ2v) is 15.7. The second kappa shape index (κ2) is 12.7. The molecule has 0 fully saturated rings. The van der Waals surface area contributed by atoms with Gasteiger partial charge in [-0.2, -0.15) is 4.57 Å². The van der Waals surface area contributed by atoms with E-state index in [0.717, 1.165) is 90.4 Å². The highest BCUT2D eigenvalue weighted by Gasteiger charge is 2.48. The van der Waals surface area contributed by atoms with Gasteiger partial charge in [0.15, 0.2) is 11.5 Å². The van der Waals surface area contributed by atoms with E-state index in [4.69, 9.17) is 19.9 Å². The fraction of sp³-hybridized carbons (Fsp3) is 0.419. The highest BCUT2D eigenvalue weighted by molar-refractivity contribution is 5.64. The van der Waals surface area contributed by atoms with Crippen molar-refractivity contribution in [2.45, 2.75) is 117 Å². The summed E-state index contributed by atoms with van der Waals surface area (Å²) in [6.45, 7) is 20.3. The van der Waals surface area contributed by atoms with Gasteiger partial charge in [-0.05, 0) is 75.9 Å². The molecule has 9 heterocycles. The van der Waals surface area contributed by atoms with Gasteiger partial charge in [-0.25, -0.2) is 19.5 Å². The molecule has 12 nitrogen and oxygen atoms in total. The van der Waals surface area contributed by atoms with Gasteiger partial charge in [0.25, 0.3) is 5.82 Å². The Morgan fingerprint density at radius 1 is 0.764 bits per heavy atom. The van der Waals surface area contributed by atoms with Crippen LogP contribution in [0.15, 0.2) is 73.6 Å². The van der Waals surface area contributed by atoms with Crippen LogP contribution in [0.2, 0.25) is 0 Å². The summed E-state index contributed by atoms with van der Waals surface area (Å²) in [5.74, 6) is 6.04. The van der Waals surface area contributed by atoms with Crippen molar-refractivity contribution in [3.63, 3.8) is 0 Å². The van der Waals surface area contributed by atoms with Crippen molar-refractivity contribution >= 4 is 17.1 Å². The minimum Gasteiger partial charge on any atom is -0.384 e. The molecule has 6 aromatic rings. The van der Waals surface area contributed by atoms with Crippen molar-refractivity contribution in [2.24, 2.45) is 0 Å². The Kier molecular flexibility index (Phi) is 8.11. The molecule has 12 heteroatoms. The standard InChI is InChI=1S/C43H53N12/c1-9-41(10-2)37-27-52(31(8)55(37)40-33(48-41)17-14-22-46-40)28(5)24-43(12-4)36-26-51(30(7)54(36)39-34(50-43)18-15-21-45-39)23-19-42(11-3)35-25-47-29(6)53(35)38-32(49-42)16-13-20-44-38/h13-18,20-23,25-28,48-50H,9-12,19,24H2,1-8H3/q+1. The van der Waals surface area contributed by atoms with Gasteiger partial charge >= 0.3 is 5.82 Å². The van der Waals surface area contributed by atoms with Crippen molar-refractivity contribution in [3.05, 3.63) is 115 Å². The van der Waals surface area contributed by atoms with Crippen molar-refractivity contribution in [1.29, 1.82) is 0 Å². The summed E-state index contributed by atoms with van der Waals surface area (Å²) < 4.78 is 11.8. The zero-order valence-electron chi connectivity index (χ0n) is 33.4. The number of imidazole rings is 3. The second-order valence-electron chi connectivity index (χ2n) is 15.7. The van der Waals surface area contributed by atoms with Crippen molar-refractivity contribution in [3.8, 4) is 17.5 Å². The molecule has 0 radical (unpaired) electrons. The third-order valence-electron chi connectivity index (χ3n) is 13.1. The van der Waals surface area contributed by atoms with Crippen molar-refractivity contribution in [1.82, 2.24) is 29.1 Å². The van der Waals surface area contributed by atoms with Crippen LogP contribution in [-0.4, -0.2) is 29.1 Å². The number of aryl methyl sites for hydroxylation is 1. The molecular formula is C43H53N12+. The molecule has 0 spiro atoms. The zero-order valence-corrected chi connectivity index (χ0v) is 33.4. The molecule has 0 saturated carbocycles. The van der Waals surface area contributed by atoms with Crippen LogP contribution in [0.3, 0.4) is 0 Å². The summed E-state index contributed by atoms with van der Waals surface area (Å²) in [5.41, 5.74) is 5.88. The van der Waals surface area contributed by atoms with Crippen LogP contribution in [0, 0.1) is 27.3 Å². The molecule has 0 amide bonds. The molecule has 3 unspecified atom stereocenters. The third kappa shape index (κ3) is 4.98. The van der Waals surface area contributed by atoms with E-state index in [1.54, 1.807) is 0 Å². The average Bonchev–Trinajstić information content (AvgIpc) is 3.90. The molecule has 284 valence electrons. The van der Waals surface area contributed by atoms with Crippen LogP contribution >= 0.6 is 0 Å². The molecule has 3 N–H and O–H groups in total. The summed E-state index contributed by atoms with van der Waals surface area (Å²) >= 11 is 0. The summed E-state index contributed by atoms with van der Waals surface area (Å²) in [7, 11) is 0. The molecule has 3 aliphatic rings. The lowest BCUT2D eigenvalue weighted by Crippen LogP contribution is -2.55. The molecule has 3 aliphatic heterocycles. The molecule has 0 aromatic carbocycles. The van der Waals surface area contributed by atoms with E-state index in [1.165, 1.54) is 17.2 Å². The number of nitrogens with zero attached hydrogens (tertiary/aromatic N) is 9. The van der Waals surface area contributed by atoms with Gasteiger partial charge in [0.1, 0.15) is 28.9 Å². The number of nitrogens with one attached hydrogen (secondary N) is 3. The van der Waals surface area contributed by atoms with E-state index in [1.807, 2.05) is 43.0 Å². The molecule has 55 heavy (non-hydrogen) atoms. The highest BCUT2D eigenvalue weighted by Crippen LogP contribution is 2.44. The lowest BCUT2D eigenvalue weighted by atomic mass is 9.83. The summed E-state index contributed by atoms with van der Waals surface area (Å²) in [5, 5.41) is 11.9. The number of fused-ring (bicyclic) bond motifs is 9. The molecule has 0 saturated heterocycles. The normalized spacial score (nSPS) is 20.4. The van der Waals surface area contributed by atoms with Crippen LogP contribution in [0.25, 0.3) is 17.5 Å². The first-order valence-corrected chi connectivity index (χ1v) is 20.0. The molecule has 3 atom stereocenters. The Morgan fingerprint density at radius 2 is 1.40 bits per heavy atom. The smallest absolute Gasteiger partial charge is 0.301 e. The fourth-order valence-corrected chi connectivity index (χ4v) is 9.80. The number of aromatic nitrogens is 9. The van der Waals surface area contributed by atoms with Gasteiger partial charge < -0.3 is 16.0 Å². The Morgan fingerprint density at radius 3 is 2.07 bits per heavy atom. The van der Waals surface area contributed by atoms with E-state index >= 15 is 0 Å². The minimum absolute atomic E-state index is 0.162. The molecule has 0 bridgehead atoms. The van der Waals surface area contributed by atoms with Crippen molar-refractivity contribution in [2.75, 3.05) is 16.0 Å². The van der Waals surface area contributed by atoms with E-state index < -0.39 is 0 Å². The SMILES string of the molecule is CCC1(C[CH-][n+]2c[c-]3[n+](c2C)-c2ncccc2NC3(CC)CC(C)[n+]2cc3n(c2C)-c2ncccc2NC3(CC)CC)Nc2cccnc2-n2c1cnc2C. The van der Waals surface area contributed by atoms with Gasteiger partial charge in [-0.15, -0.1) is 0 Å². The summed E-state index contributed by atoms with van der Waals surface area (Å²) in [4.78, 5) is 19.3. The maximum atomic E-state index is 4.94. The maximum Gasteiger partial charge on any atom is 0.301 e. The highest BCUT2D eigenvalue weighted by atomic mass is 15.3. The molecule has 6 aromatic heterocycles. The average molecular weight is 738 g/mol. The topological polar surface area (TPSA) is 109 Å². The summed E-state index contributed by atoms with van der Waals surface area (Å²) in [6, 6.07) is 12.7. The molecule has 9 rings (SSSR count). The monoisotopic (exact) mass is 737 g/mol. The van der Waals surface area contributed by atoms with E-state index in [2.05, 4.69) is 131 Å². The third-order valence-corrected chi connectivity index (χ3v) is 13.1. The van der Waals surface area contributed by atoms with E-state index in [0.29, 0.717) is 0 Å². The van der Waals surface area contributed by atoms with Crippen LogP contribution in [0.5, 0.6) is 0 Å². The zero-order chi connectivity index (χ0) is 38.3. The van der Waals surface area contributed by atoms with Gasteiger partial charge in [-0.1, -0.05) is 27.7 Å². The van der Waals surface area contributed by atoms with Crippen molar-refractivity contribution < 1.29 is 13.7 Å². The first-order valence-electron chi connectivity index (χ1n) is 20.0. The molecular weight excluding hydrogens is 685 g/mol. The predicted octanol–water partition coefficient (Wildman–Crippen LogP) is 6.60. The van der Waals surface area contributed by atoms with Gasteiger partial charge in [0, 0.05) is 45.3 Å². The number of rotatable bonds is 10. The Balaban J connectivity index is 1.10. The minimum atomic E-state index is -0.367. The first kappa shape index (κ1) is 35.1. The Bertz CT molecular complexity index is 2430. The quantitative estimate of drug-likeness (QED) is 0.108. The number of hydrogen-bond donors (Lipinski definition) is 3. The van der Waals surface area contributed by atoms with Gasteiger partial charge in [0.05, 0.1) is 53.1 Å².